The molecule has 2 aromatic carbocycles. The number of hydrogen-bond donors (Lipinski definition) is 3. The van der Waals surface area contributed by atoms with Gasteiger partial charge in [0.05, 0.1) is 0 Å². The molecule has 0 atom stereocenters. The first-order valence-electron chi connectivity index (χ1n) is 12.6. The van der Waals surface area contributed by atoms with Crippen molar-refractivity contribution in [3.63, 3.8) is 0 Å². The van der Waals surface area contributed by atoms with Crippen LogP contribution in [0.3, 0.4) is 0 Å². The minimum atomic E-state index is -0.560. The van der Waals surface area contributed by atoms with Crippen LogP contribution in [0.1, 0.15) is 77.7 Å². The second kappa shape index (κ2) is 12.3. The number of thiazole rings is 1. The van der Waals surface area contributed by atoms with Crippen molar-refractivity contribution in [2.75, 3.05) is 18.4 Å². The van der Waals surface area contributed by atoms with Gasteiger partial charge < -0.3 is 10.6 Å². The molecule has 1 heterocycles. The summed E-state index contributed by atoms with van der Waals surface area (Å²) in [5.41, 5.74) is 1.59. The van der Waals surface area contributed by atoms with Gasteiger partial charge in [0.1, 0.15) is 5.82 Å². The lowest BCUT2D eigenvalue weighted by Crippen LogP contribution is -2.32. The zero-order valence-electron chi connectivity index (χ0n) is 22.7. The van der Waals surface area contributed by atoms with Crippen molar-refractivity contribution >= 4 is 34.2 Å². The molecule has 0 bridgehead atoms. The highest BCUT2D eigenvalue weighted by Gasteiger charge is 2.22. The summed E-state index contributed by atoms with van der Waals surface area (Å²) in [6, 6.07) is 7.49. The van der Waals surface area contributed by atoms with Crippen molar-refractivity contribution in [2.45, 2.75) is 48.0 Å². The molecular weight excluding hydrogens is 503 g/mol. The fourth-order valence-electron chi connectivity index (χ4n) is 3.67. The molecule has 38 heavy (non-hydrogen) atoms. The number of nitrogens with zero attached hydrogens (tertiary/aromatic N) is 1. The molecule has 1 aromatic heterocycles. The van der Waals surface area contributed by atoms with Crippen molar-refractivity contribution in [1.82, 2.24) is 15.6 Å². The first-order valence-corrected chi connectivity index (χ1v) is 13.5. The molecule has 3 amide bonds. The van der Waals surface area contributed by atoms with Crippen molar-refractivity contribution in [3.8, 4) is 11.1 Å². The minimum Gasteiger partial charge on any atom is -0.352 e. The number of amides is 3. The lowest BCUT2D eigenvalue weighted by atomic mass is 9.91. The van der Waals surface area contributed by atoms with E-state index in [4.69, 9.17) is 0 Å². The molecule has 0 aliphatic heterocycles. The summed E-state index contributed by atoms with van der Waals surface area (Å²) in [5.74, 6) is -1.35. The third kappa shape index (κ3) is 7.71. The molecule has 0 radical (unpaired) electrons. The topological polar surface area (TPSA) is 100 Å². The molecule has 202 valence electrons. The maximum absolute atomic E-state index is 15.0. The van der Waals surface area contributed by atoms with E-state index in [0.29, 0.717) is 40.8 Å². The van der Waals surface area contributed by atoms with Gasteiger partial charge in [-0.15, -0.1) is 11.3 Å². The number of aromatic nitrogens is 1. The third-order valence-corrected chi connectivity index (χ3v) is 6.55. The number of nitrogens with one attached hydrogen (secondary N) is 3. The van der Waals surface area contributed by atoms with E-state index in [1.165, 1.54) is 23.5 Å². The monoisotopic (exact) mass is 538 g/mol. The predicted octanol–water partition coefficient (Wildman–Crippen LogP) is 6.06. The van der Waals surface area contributed by atoms with Crippen LogP contribution < -0.4 is 16.0 Å². The fourth-order valence-corrected chi connectivity index (χ4v) is 4.20. The Hall–Kier alpha value is -3.59. The van der Waals surface area contributed by atoms with E-state index in [2.05, 4.69) is 34.8 Å². The van der Waals surface area contributed by atoms with E-state index < -0.39 is 17.6 Å². The molecule has 0 spiro atoms. The highest BCUT2D eigenvalue weighted by atomic mass is 32.1. The Morgan fingerprint density at radius 1 is 0.974 bits per heavy atom. The van der Waals surface area contributed by atoms with Gasteiger partial charge in [0.25, 0.3) is 17.7 Å². The molecule has 3 N–H and O–H groups in total. The lowest BCUT2D eigenvalue weighted by Gasteiger charge is -2.19. The van der Waals surface area contributed by atoms with E-state index in [1.54, 1.807) is 36.7 Å². The predicted molar refractivity (Wildman–Crippen MR) is 150 cm³/mol. The van der Waals surface area contributed by atoms with E-state index in [1.807, 2.05) is 20.8 Å². The molecular formula is C29H35FN4O3S. The maximum Gasteiger partial charge on any atom is 0.258 e. The van der Waals surface area contributed by atoms with Crippen LogP contribution in [0.2, 0.25) is 0 Å². The Bertz CT molecular complexity index is 1310. The highest BCUT2D eigenvalue weighted by Crippen LogP contribution is 2.31. The number of carbonyl (C=O) groups excluding carboxylic acids is 3. The number of hydrogen-bond acceptors (Lipinski definition) is 5. The molecule has 3 rings (SSSR count). The minimum absolute atomic E-state index is 0.120. The van der Waals surface area contributed by atoms with Gasteiger partial charge in [-0.3, -0.25) is 19.7 Å². The SMILES string of the molecule is Cc1c(F)cc(C(=O)NCCC(C)C)cc1-c1ccc(C(=O)NCC(C)(C)C)cc1C(=O)Nc1nccs1. The summed E-state index contributed by atoms with van der Waals surface area (Å²) in [7, 11) is 0. The van der Waals surface area contributed by atoms with Crippen molar-refractivity contribution in [2.24, 2.45) is 11.3 Å². The van der Waals surface area contributed by atoms with Gasteiger partial charge in [0, 0.05) is 41.4 Å². The van der Waals surface area contributed by atoms with Crippen LogP contribution in [0.25, 0.3) is 11.1 Å². The summed E-state index contributed by atoms with van der Waals surface area (Å²) in [6.45, 7) is 12.7. The maximum atomic E-state index is 15.0. The summed E-state index contributed by atoms with van der Waals surface area (Å²) in [6.07, 6.45) is 2.37. The second-order valence-corrected chi connectivity index (χ2v) is 11.8. The van der Waals surface area contributed by atoms with Crippen LogP contribution in [0.15, 0.2) is 41.9 Å². The molecule has 0 aliphatic rings. The lowest BCUT2D eigenvalue weighted by molar-refractivity contribution is 0.0935. The average Bonchev–Trinajstić information content (AvgIpc) is 3.36. The van der Waals surface area contributed by atoms with Crippen LogP contribution in [-0.4, -0.2) is 35.8 Å². The van der Waals surface area contributed by atoms with E-state index >= 15 is 4.39 Å². The molecule has 0 saturated heterocycles. The van der Waals surface area contributed by atoms with Gasteiger partial charge in [-0.1, -0.05) is 40.7 Å². The second-order valence-electron chi connectivity index (χ2n) is 10.9. The molecule has 7 nitrogen and oxygen atoms in total. The Labute approximate surface area is 227 Å². The van der Waals surface area contributed by atoms with Gasteiger partial charge in [0.15, 0.2) is 5.13 Å². The van der Waals surface area contributed by atoms with Crippen LogP contribution >= 0.6 is 11.3 Å². The fraction of sp³-hybridized carbons (Fsp3) is 0.379. The number of carbonyl (C=O) groups is 3. The van der Waals surface area contributed by atoms with Crippen molar-refractivity contribution in [3.05, 3.63) is 70.0 Å². The van der Waals surface area contributed by atoms with Crippen LogP contribution in [-0.2, 0) is 0 Å². The van der Waals surface area contributed by atoms with Crippen LogP contribution in [0, 0.1) is 24.1 Å². The van der Waals surface area contributed by atoms with E-state index in [0.717, 1.165) is 6.42 Å². The number of anilines is 1. The van der Waals surface area contributed by atoms with Crippen molar-refractivity contribution < 1.29 is 18.8 Å². The van der Waals surface area contributed by atoms with Gasteiger partial charge in [0.2, 0.25) is 0 Å². The van der Waals surface area contributed by atoms with Gasteiger partial charge >= 0.3 is 0 Å². The average molecular weight is 539 g/mol. The van der Waals surface area contributed by atoms with Crippen molar-refractivity contribution in [1.29, 1.82) is 0 Å². The summed E-state index contributed by atoms with van der Waals surface area (Å²) >= 11 is 1.26. The smallest absolute Gasteiger partial charge is 0.258 e. The summed E-state index contributed by atoms with van der Waals surface area (Å²) < 4.78 is 15.0. The van der Waals surface area contributed by atoms with Crippen LogP contribution in [0.5, 0.6) is 0 Å². The first-order chi connectivity index (χ1) is 17.9. The largest absolute Gasteiger partial charge is 0.352 e. The first kappa shape index (κ1) is 29.0. The molecule has 9 heteroatoms. The Balaban J connectivity index is 2.04. The summed E-state index contributed by atoms with van der Waals surface area (Å²) in [4.78, 5) is 43.1. The summed E-state index contributed by atoms with van der Waals surface area (Å²) in [5, 5.41) is 10.6. The number of benzene rings is 2. The standard InChI is InChI=1S/C29H35FN4O3S/c1-17(2)9-10-31-26(36)20-14-22(18(3)24(30)15-20)21-8-7-19(25(35)33-16-29(4,5)6)13-23(21)27(37)34-28-32-11-12-38-28/h7-8,11-15,17H,9-10,16H2,1-6H3,(H,31,36)(H,33,35)(H,32,34,37). The Kier molecular flexibility index (Phi) is 9.38. The van der Waals surface area contributed by atoms with Gasteiger partial charge in [-0.25, -0.2) is 9.37 Å². The van der Waals surface area contributed by atoms with Gasteiger partial charge in [-0.2, -0.15) is 0 Å². The molecule has 0 fully saturated rings. The van der Waals surface area contributed by atoms with E-state index in [9.17, 15) is 14.4 Å². The Morgan fingerprint density at radius 3 is 2.32 bits per heavy atom. The highest BCUT2D eigenvalue weighted by molar-refractivity contribution is 7.13. The normalized spacial score (nSPS) is 11.4. The van der Waals surface area contributed by atoms with Crippen LogP contribution in [0.4, 0.5) is 9.52 Å². The zero-order valence-corrected chi connectivity index (χ0v) is 23.5. The third-order valence-electron chi connectivity index (χ3n) is 5.86. The molecule has 0 saturated carbocycles. The molecule has 3 aromatic rings. The quantitative estimate of drug-likeness (QED) is 0.308. The Morgan fingerprint density at radius 2 is 1.68 bits per heavy atom. The van der Waals surface area contributed by atoms with Gasteiger partial charge in [-0.05, 0) is 65.6 Å². The molecule has 0 aliphatic carbocycles. The number of halogens is 1. The molecule has 0 unspecified atom stereocenters. The van der Waals surface area contributed by atoms with E-state index in [-0.39, 0.29) is 28.0 Å². The number of rotatable bonds is 9. The zero-order chi connectivity index (χ0) is 28.0.